The fourth-order valence-electron chi connectivity index (χ4n) is 10.6. The second-order valence-electron chi connectivity index (χ2n) is 19.3. The molecule has 7 rings (SSSR count). The second kappa shape index (κ2) is 23.5. The maximum atomic E-state index is 13.2. The summed E-state index contributed by atoms with van der Waals surface area (Å²) in [5.41, 5.74) is 0. The number of hydrogen-bond donors (Lipinski definition) is 13. The van der Waals surface area contributed by atoms with Crippen LogP contribution in [0.4, 0.5) is 0 Å². The number of carbonyl (C=O) groups excluding carboxylic acids is 2. The average Bonchev–Trinajstić information content (AvgIpc) is 3.31. The van der Waals surface area contributed by atoms with Gasteiger partial charge >= 0.3 is 17.9 Å². The Bertz CT molecular complexity index is 1640. The maximum Gasteiger partial charge on any atom is 0.317 e. The fourth-order valence-corrected chi connectivity index (χ4v) is 10.6. The minimum atomic E-state index is -1.82. The highest BCUT2D eigenvalue weighted by atomic mass is 16.7. The van der Waals surface area contributed by atoms with Crippen LogP contribution in [-0.4, -0.2) is 239 Å². The van der Waals surface area contributed by atoms with E-state index in [1.165, 1.54) is 0 Å². The van der Waals surface area contributed by atoms with Crippen LogP contribution in [0.3, 0.4) is 0 Å². The Kier molecular flexibility index (Phi) is 18.4. The van der Waals surface area contributed by atoms with Crippen molar-refractivity contribution < 1.29 is 123 Å². The molecule has 68 heavy (non-hydrogen) atoms. The van der Waals surface area contributed by atoms with Crippen molar-refractivity contribution in [3.05, 3.63) is 0 Å². The van der Waals surface area contributed by atoms with Gasteiger partial charge in [-0.1, -0.05) is 0 Å². The molecule has 3 aliphatic carbocycles. The predicted octanol–water partition coefficient (Wildman–Crippen LogP) is -5.21. The van der Waals surface area contributed by atoms with Crippen LogP contribution in [0.1, 0.15) is 77.0 Å². The topological polar surface area (TPSA) is 397 Å². The van der Waals surface area contributed by atoms with Gasteiger partial charge in [0.2, 0.25) is 0 Å². The molecule has 25 nitrogen and oxygen atoms in total. The van der Waals surface area contributed by atoms with Gasteiger partial charge in [0.05, 0.1) is 55.3 Å². The summed E-state index contributed by atoms with van der Waals surface area (Å²) in [6, 6.07) is 0. The van der Waals surface area contributed by atoms with Gasteiger partial charge in [0.25, 0.3) is 0 Å². The number of aliphatic hydroxyl groups is 12. The third-order valence-corrected chi connectivity index (χ3v) is 14.6. The number of fused-ring (bicyclic) bond motifs is 1. The van der Waals surface area contributed by atoms with Gasteiger partial charge in [-0.3, -0.25) is 14.4 Å². The van der Waals surface area contributed by atoms with E-state index in [-0.39, 0.29) is 25.2 Å². The maximum absolute atomic E-state index is 13.2. The lowest BCUT2D eigenvalue weighted by molar-refractivity contribution is -0.338. The van der Waals surface area contributed by atoms with Gasteiger partial charge in [-0.15, -0.1) is 0 Å². The van der Waals surface area contributed by atoms with Gasteiger partial charge in [0.1, 0.15) is 92.9 Å². The third kappa shape index (κ3) is 12.5. The van der Waals surface area contributed by atoms with Crippen LogP contribution in [0, 0.1) is 17.8 Å². The molecule has 0 bridgehead atoms. The van der Waals surface area contributed by atoms with Crippen molar-refractivity contribution in [3.63, 3.8) is 0 Å². The molecular weight excluding hydrogens is 916 g/mol. The molecule has 390 valence electrons. The minimum Gasteiger partial charge on any atom is -0.481 e. The van der Waals surface area contributed by atoms with Crippen molar-refractivity contribution in [1.82, 2.24) is 0 Å². The smallest absolute Gasteiger partial charge is 0.317 e. The number of carbonyl (C=O) groups is 3. The Morgan fingerprint density at radius 3 is 1.59 bits per heavy atom. The third-order valence-electron chi connectivity index (χ3n) is 14.6. The summed E-state index contributed by atoms with van der Waals surface area (Å²) in [6.07, 6.45) is -26.2. The van der Waals surface area contributed by atoms with E-state index in [9.17, 15) is 75.7 Å². The molecule has 4 saturated heterocycles. The monoisotopic (exact) mass is 984 g/mol. The van der Waals surface area contributed by atoms with Crippen LogP contribution in [0.15, 0.2) is 0 Å². The Hall–Kier alpha value is -2.35. The Morgan fingerprint density at radius 1 is 0.515 bits per heavy atom. The van der Waals surface area contributed by atoms with Crippen molar-refractivity contribution >= 4 is 17.9 Å². The molecule has 4 aliphatic heterocycles. The van der Waals surface area contributed by atoms with E-state index < -0.39 is 191 Å². The second-order valence-corrected chi connectivity index (χ2v) is 19.3. The van der Waals surface area contributed by atoms with Crippen molar-refractivity contribution in [1.29, 1.82) is 0 Å². The molecule has 0 aromatic heterocycles. The molecule has 0 aromatic rings. The number of rotatable bonds is 15. The number of carboxylic acid groups (broad SMARTS) is 1. The van der Waals surface area contributed by atoms with Gasteiger partial charge < -0.3 is 109 Å². The first-order valence-corrected chi connectivity index (χ1v) is 23.5. The summed E-state index contributed by atoms with van der Waals surface area (Å²) in [7, 11) is 0. The van der Waals surface area contributed by atoms with Crippen molar-refractivity contribution in [2.45, 2.75) is 212 Å². The highest BCUT2D eigenvalue weighted by molar-refractivity contribution is 5.90. The standard InChI is InChI=1S/C43H68O25/c44-13-25-30(50)33(53)36(56)41(66-25)62-19-7-3-17(4-8-19)40(59)61-15-27-32(52)34(54)37(57)42(67-27)63-20-9-22(46)21-11-24(39(64-23(21)10-20)16-1-5-18(45)6-2-16)65-43-38(58)35(55)31(51)26(68-43)14-60-29(49)12-28(47)48/h16-27,30-39,41-46,50-58H,1-15H2,(H,47,48). The molecule has 13 N–H and O–H groups in total. The Labute approximate surface area is 390 Å². The van der Waals surface area contributed by atoms with Gasteiger partial charge in [-0.05, 0) is 63.7 Å². The van der Waals surface area contributed by atoms with Crippen LogP contribution < -0.4 is 0 Å². The SMILES string of the molecule is O=C(O)CC(=O)OCC1OC(OC2CC3C(O)CC(OC4OC(COC(=O)C5CCC(OC6OC(CO)C(O)C(O)C6O)CC5)C(O)C(O)C4O)CC3OC2C2CCC(O)CC2)C(O)C(O)C1O. The van der Waals surface area contributed by atoms with Crippen LogP contribution in [-0.2, 0) is 57.0 Å². The zero-order valence-electron chi connectivity index (χ0n) is 37.3. The largest absolute Gasteiger partial charge is 0.481 e. The first kappa shape index (κ1) is 53.4. The normalized spacial score (nSPS) is 47.9. The molecule has 7 aliphatic rings. The van der Waals surface area contributed by atoms with E-state index in [4.69, 9.17) is 47.7 Å². The first-order chi connectivity index (χ1) is 32.3. The highest BCUT2D eigenvalue weighted by Crippen LogP contribution is 2.44. The molecule has 21 unspecified atom stereocenters. The molecule has 0 spiro atoms. The summed E-state index contributed by atoms with van der Waals surface area (Å²) in [5, 5.41) is 135. The molecule has 0 radical (unpaired) electrons. The number of hydrogen-bond acceptors (Lipinski definition) is 24. The Balaban J connectivity index is 0.931. The molecule has 0 amide bonds. The minimum absolute atomic E-state index is 0.0115. The number of aliphatic hydroxyl groups excluding tert-OH is 12. The lowest BCUT2D eigenvalue weighted by atomic mass is 9.73. The van der Waals surface area contributed by atoms with E-state index in [0.29, 0.717) is 51.4 Å². The number of carboxylic acids is 1. The van der Waals surface area contributed by atoms with Crippen molar-refractivity contribution in [3.8, 4) is 0 Å². The van der Waals surface area contributed by atoms with Crippen molar-refractivity contribution in [2.75, 3.05) is 19.8 Å². The Morgan fingerprint density at radius 2 is 1.03 bits per heavy atom. The van der Waals surface area contributed by atoms with Crippen molar-refractivity contribution in [2.24, 2.45) is 17.8 Å². The number of ether oxygens (including phenoxy) is 9. The number of aliphatic carboxylic acids is 1. The van der Waals surface area contributed by atoms with E-state index in [2.05, 4.69) is 0 Å². The molecule has 0 aromatic carbocycles. The molecule has 7 fully saturated rings. The highest BCUT2D eigenvalue weighted by Gasteiger charge is 2.54. The van der Waals surface area contributed by atoms with E-state index >= 15 is 0 Å². The summed E-state index contributed by atoms with van der Waals surface area (Å²) in [6.45, 7) is -1.79. The molecule has 21 atom stereocenters. The summed E-state index contributed by atoms with van der Waals surface area (Å²) >= 11 is 0. The summed E-state index contributed by atoms with van der Waals surface area (Å²) in [5.74, 6) is -4.55. The van der Waals surface area contributed by atoms with Crippen LogP contribution >= 0.6 is 0 Å². The first-order valence-electron chi connectivity index (χ1n) is 23.5. The van der Waals surface area contributed by atoms with Gasteiger partial charge in [0.15, 0.2) is 18.9 Å². The summed E-state index contributed by atoms with van der Waals surface area (Å²) < 4.78 is 52.4. The van der Waals surface area contributed by atoms with Gasteiger partial charge in [-0.2, -0.15) is 0 Å². The zero-order chi connectivity index (χ0) is 49.1. The van der Waals surface area contributed by atoms with Crippen LogP contribution in [0.25, 0.3) is 0 Å². The fraction of sp³-hybridized carbons (Fsp3) is 0.930. The average molecular weight is 985 g/mol. The quantitative estimate of drug-likeness (QED) is 0.0539. The summed E-state index contributed by atoms with van der Waals surface area (Å²) in [4.78, 5) is 36.0. The van der Waals surface area contributed by atoms with Gasteiger partial charge in [-0.25, -0.2) is 0 Å². The predicted molar refractivity (Wildman–Crippen MR) is 218 cm³/mol. The molecule has 4 heterocycles. The van der Waals surface area contributed by atoms with E-state index in [1.54, 1.807) is 0 Å². The molecule has 25 heteroatoms. The van der Waals surface area contributed by atoms with E-state index in [1.807, 2.05) is 0 Å². The number of esters is 2. The molecular formula is C43H68O25. The van der Waals surface area contributed by atoms with Crippen LogP contribution in [0.2, 0.25) is 0 Å². The lowest BCUT2D eigenvalue weighted by Crippen LogP contribution is -2.62. The molecule has 3 saturated carbocycles. The zero-order valence-corrected chi connectivity index (χ0v) is 37.3. The lowest BCUT2D eigenvalue weighted by Gasteiger charge is -2.51. The van der Waals surface area contributed by atoms with E-state index in [0.717, 1.165) is 0 Å². The van der Waals surface area contributed by atoms with Crippen LogP contribution in [0.5, 0.6) is 0 Å². The van der Waals surface area contributed by atoms with Gasteiger partial charge in [0, 0.05) is 18.8 Å².